The predicted molar refractivity (Wildman–Crippen MR) is 73.5 cm³/mol. The smallest absolute Gasteiger partial charge is 0.0664 e. The van der Waals surface area contributed by atoms with Gasteiger partial charge >= 0.3 is 0 Å². The summed E-state index contributed by atoms with van der Waals surface area (Å²) in [6, 6.07) is 15.2. The molecule has 2 heteroatoms. The van der Waals surface area contributed by atoms with Gasteiger partial charge in [0.2, 0.25) is 0 Å². The van der Waals surface area contributed by atoms with E-state index in [1.54, 1.807) is 0 Å². The molecule has 0 aliphatic carbocycles. The third-order valence-corrected chi connectivity index (χ3v) is 2.73. The number of hydrogen-bond donors (Lipinski definition) is 1. The van der Waals surface area contributed by atoms with E-state index >= 15 is 0 Å². The fourth-order valence-electron chi connectivity index (χ4n) is 1.90. The Morgan fingerprint density at radius 2 is 1.88 bits per heavy atom. The molecule has 2 aromatic carbocycles. The third kappa shape index (κ3) is 3.21. The van der Waals surface area contributed by atoms with Crippen molar-refractivity contribution in [2.75, 3.05) is 18.5 Å². The maximum atomic E-state index is 5.39. The van der Waals surface area contributed by atoms with Crippen LogP contribution < -0.4 is 5.32 Å². The fraction of sp³-hybridized carbons (Fsp3) is 0.333. The Labute approximate surface area is 103 Å². The molecule has 0 aliphatic heterocycles. The second-order valence-electron chi connectivity index (χ2n) is 4.27. The number of rotatable bonds is 5. The molecule has 0 aliphatic rings. The molecule has 2 aromatic rings. The van der Waals surface area contributed by atoms with Gasteiger partial charge in [0.05, 0.1) is 6.61 Å². The van der Waals surface area contributed by atoms with E-state index in [0.717, 1.165) is 18.9 Å². The van der Waals surface area contributed by atoms with Gasteiger partial charge in [-0.3, -0.25) is 0 Å². The molecule has 0 heterocycles. The zero-order valence-corrected chi connectivity index (χ0v) is 10.4. The Hall–Kier alpha value is -1.54. The second kappa shape index (κ2) is 5.69. The number of nitrogens with one attached hydrogen (secondary N) is 1. The van der Waals surface area contributed by atoms with Crippen molar-refractivity contribution in [3.63, 3.8) is 0 Å². The lowest BCUT2D eigenvalue weighted by Gasteiger charge is -2.15. The van der Waals surface area contributed by atoms with E-state index in [4.69, 9.17) is 4.74 Å². The van der Waals surface area contributed by atoms with Crippen LogP contribution in [0.4, 0.5) is 5.69 Å². The Bertz CT molecular complexity index is 481. The molecule has 1 N–H and O–H groups in total. The summed E-state index contributed by atoms with van der Waals surface area (Å²) in [7, 11) is 0. The number of anilines is 1. The highest BCUT2D eigenvalue weighted by atomic mass is 16.5. The zero-order valence-electron chi connectivity index (χ0n) is 10.4. The van der Waals surface area contributed by atoms with Crippen molar-refractivity contribution >= 4 is 16.5 Å². The molecule has 1 unspecified atom stereocenters. The Balaban J connectivity index is 2.08. The first-order valence-electron chi connectivity index (χ1n) is 6.12. The monoisotopic (exact) mass is 229 g/mol. The van der Waals surface area contributed by atoms with Crippen LogP contribution in [0, 0.1) is 0 Å². The zero-order chi connectivity index (χ0) is 12.1. The molecule has 0 saturated carbocycles. The minimum atomic E-state index is 0.330. The maximum absolute atomic E-state index is 5.39. The van der Waals surface area contributed by atoms with Gasteiger partial charge < -0.3 is 10.1 Å². The summed E-state index contributed by atoms with van der Waals surface area (Å²) in [5.41, 5.74) is 1.15. The van der Waals surface area contributed by atoms with E-state index in [2.05, 4.69) is 54.7 Å². The highest BCUT2D eigenvalue weighted by Crippen LogP contribution is 2.19. The average Bonchev–Trinajstić information content (AvgIpc) is 2.36. The molecule has 0 amide bonds. The molecule has 0 bridgehead atoms. The number of benzene rings is 2. The normalized spacial score (nSPS) is 12.6. The molecule has 0 fully saturated rings. The summed E-state index contributed by atoms with van der Waals surface area (Å²) in [5.74, 6) is 0. The summed E-state index contributed by atoms with van der Waals surface area (Å²) in [6.07, 6.45) is 0. The van der Waals surface area contributed by atoms with Gasteiger partial charge in [-0.15, -0.1) is 0 Å². The highest BCUT2D eigenvalue weighted by Gasteiger charge is 2.02. The molecular weight excluding hydrogens is 210 g/mol. The van der Waals surface area contributed by atoms with E-state index in [9.17, 15) is 0 Å². The maximum Gasteiger partial charge on any atom is 0.0664 e. The summed E-state index contributed by atoms with van der Waals surface area (Å²) in [4.78, 5) is 0. The number of fused-ring (bicyclic) bond motifs is 1. The largest absolute Gasteiger partial charge is 0.380 e. The van der Waals surface area contributed by atoms with Crippen LogP contribution in [0.2, 0.25) is 0 Å². The van der Waals surface area contributed by atoms with Crippen molar-refractivity contribution in [1.29, 1.82) is 0 Å². The Kier molecular flexibility index (Phi) is 3.99. The molecule has 2 nitrogen and oxygen atoms in total. The van der Waals surface area contributed by atoms with E-state index in [0.29, 0.717) is 6.04 Å². The van der Waals surface area contributed by atoms with Gasteiger partial charge in [0.15, 0.2) is 0 Å². The van der Waals surface area contributed by atoms with Crippen molar-refractivity contribution < 1.29 is 4.74 Å². The van der Waals surface area contributed by atoms with Crippen molar-refractivity contribution in [1.82, 2.24) is 0 Å². The number of hydrogen-bond acceptors (Lipinski definition) is 2. The summed E-state index contributed by atoms with van der Waals surface area (Å²) in [6.45, 7) is 5.65. The van der Waals surface area contributed by atoms with Gasteiger partial charge in [0, 0.05) is 18.3 Å². The fourth-order valence-corrected chi connectivity index (χ4v) is 1.90. The molecule has 0 radical (unpaired) electrons. The molecular formula is C15H19NO. The first kappa shape index (κ1) is 11.9. The van der Waals surface area contributed by atoms with Gasteiger partial charge in [0.25, 0.3) is 0 Å². The first-order chi connectivity index (χ1) is 8.29. The topological polar surface area (TPSA) is 21.3 Å². The van der Waals surface area contributed by atoms with Crippen LogP contribution in [0.1, 0.15) is 13.8 Å². The molecule has 90 valence electrons. The van der Waals surface area contributed by atoms with E-state index < -0.39 is 0 Å². The van der Waals surface area contributed by atoms with Crippen LogP contribution >= 0.6 is 0 Å². The lowest BCUT2D eigenvalue weighted by atomic mass is 10.1. The molecule has 0 spiro atoms. The Morgan fingerprint density at radius 1 is 1.12 bits per heavy atom. The van der Waals surface area contributed by atoms with Crippen LogP contribution in [-0.4, -0.2) is 19.3 Å². The van der Waals surface area contributed by atoms with Gasteiger partial charge in [-0.1, -0.05) is 30.3 Å². The van der Waals surface area contributed by atoms with Crippen LogP contribution in [0.3, 0.4) is 0 Å². The van der Waals surface area contributed by atoms with E-state index in [1.165, 1.54) is 10.8 Å². The van der Waals surface area contributed by atoms with Crippen molar-refractivity contribution in [2.45, 2.75) is 19.9 Å². The SMILES string of the molecule is CCOCC(C)Nc1ccc2ccccc2c1. The van der Waals surface area contributed by atoms with E-state index in [1.807, 2.05) is 6.92 Å². The van der Waals surface area contributed by atoms with E-state index in [-0.39, 0.29) is 0 Å². The van der Waals surface area contributed by atoms with Gasteiger partial charge in [-0.2, -0.15) is 0 Å². The van der Waals surface area contributed by atoms with Gasteiger partial charge in [-0.05, 0) is 36.8 Å². The van der Waals surface area contributed by atoms with Crippen LogP contribution in [0.15, 0.2) is 42.5 Å². The molecule has 0 aromatic heterocycles. The quantitative estimate of drug-likeness (QED) is 0.844. The summed E-state index contributed by atoms with van der Waals surface area (Å²) in [5, 5.41) is 5.98. The molecule has 17 heavy (non-hydrogen) atoms. The average molecular weight is 229 g/mol. The minimum absolute atomic E-state index is 0.330. The predicted octanol–water partition coefficient (Wildman–Crippen LogP) is 3.68. The highest BCUT2D eigenvalue weighted by molar-refractivity contribution is 5.85. The van der Waals surface area contributed by atoms with Gasteiger partial charge in [-0.25, -0.2) is 0 Å². The second-order valence-corrected chi connectivity index (χ2v) is 4.27. The van der Waals surface area contributed by atoms with Gasteiger partial charge in [0.1, 0.15) is 0 Å². The van der Waals surface area contributed by atoms with Crippen molar-refractivity contribution in [3.05, 3.63) is 42.5 Å². The molecule has 2 rings (SSSR count). The first-order valence-corrected chi connectivity index (χ1v) is 6.12. The van der Waals surface area contributed by atoms with Crippen molar-refractivity contribution in [3.8, 4) is 0 Å². The lowest BCUT2D eigenvalue weighted by molar-refractivity contribution is 0.141. The third-order valence-electron chi connectivity index (χ3n) is 2.73. The van der Waals surface area contributed by atoms with Crippen molar-refractivity contribution in [2.24, 2.45) is 0 Å². The summed E-state index contributed by atoms with van der Waals surface area (Å²) < 4.78 is 5.39. The minimum Gasteiger partial charge on any atom is -0.380 e. The number of ether oxygens (including phenoxy) is 1. The molecule has 0 saturated heterocycles. The Morgan fingerprint density at radius 3 is 2.65 bits per heavy atom. The standard InChI is InChI=1S/C15H19NO/c1-3-17-11-12(2)16-15-9-8-13-6-4-5-7-14(13)10-15/h4-10,12,16H,3,11H2,1-2H3. The molecule has 1 atom stereocenters. The van der Waals surface area contributed by atoms with Crippen LogP contribution in [0.5, 0.6) is 0 Å². The van der Waals surface area contributed by atoms with Crippen LogP contribution in [-0.2, 0) is 4.74 Å². The summed E-state index contributed by atoms with van der Waals surface area (Å²) >= 11 is 0. The van der Waals surface area contributed by atoms with Crippen LogP contribution in [0.25, 0.3) is 10.8 Å². The lowest BCUT2D eigenvalue weighted by Crippen LogP contribution is -2.21.